The summed E-state index contributed by atoms with van der Waals surface area (Å²) in [5.41, 5.74) is 0.659. The van der Waals surface area contributed by atoms with E-state index in [9.17, 15) is 14.7 Å². The number of nitrogens with zero attached hydrogens (tertiary/aromatic N) is 1. The van der Waals surface area contributed by atoms with E-state index in [4.69, 9.17) is 11.6 Å². The third-order valence-corrected chi connectivity index (χ3v) is 6.24. The van der Waals surface area contributed by atoms with Crippen molar-refractivity contribution < 1.29 is 14.7 Å². The quantitative estimate of drug-likeness (QED) is 0.373. The maximum absolute atomic E-state index is 12.9. The van der Waals surface area contributed by atoms with Crippen LogP contribution in [0.2, 0.25) is 5.02 Å². The van der Waals surface area contributed by atoms with E-state index >= 15 is 0 Å². The number of carbonyl (C=O) groups is 2. The molecule has 1 aromatic heterocycles. The standard InChI is InChI=1S/C26H27ClN4O3/c27-20-12-13-22(28-17-20)30-24(32)19-10-7-11-21(16-19)29-25(33)31-23(18-8-3-1-4-9-18)26(34)14-5-2-6-15-26/h1,3-4,7-13,16-17,23,34H,2,5-6,14-15H2,(H,28,30,32)(H2,29,31,33). The highest BCUT2D eigenvalue weighted by atomic mass is 35.5. The van der Waals surface area contributed by atoms with E-state index in [2.05, 4.69) is 20.9 Å². The minimum absolute atomic E-state index is 0.361. The molecule has 0 saturated heterocycles. The normalized spacial score (nSPS) is 15.7. The molecule has 8 heteroatoms. The zero-order valence-corrected chi connectivity index (χ0v) is 19.4. The number of amides is 3. The van der Waals surface area contributed by atoms with E-state index in [0.29, 0.717) is 34.9 Å². The summed E-state index contributed by atoms with van der Waals surface area (Å²) in [5, 5.41) is 20.3. The second kappa shape index (κ2) is 10.7. The summed E-state index contributed by atoms with van der Waals surface area (Å²) in [5.74, 6) is 0.00879. The predicted octanol–water partition coefficient (Wildman–Crippen LogP) is 5.55. The van der Waals surface area contributed by atoms with Crippen molar-refractivity contribution in [3.63, 3.8) is 0 Å². The molecule has 1 atom stereocenters. The van der Waals surface area contributed by atoms with Crippen LogP contribution < -0.4 is 16.0 Å². The van der Waals surface area contributed by atoms with Gasteiger partial charge in [0, 0.05) is 17.4 Å². The number of aliphatic hydroxyl groups is 1. The van der Waals surface area contributed by atoms with E-state index in [1.165, 1.54) is 6.20 Å². The molecular weight excluding hydrogens is 452 g/mol. The lowest BCUT2D eigenvalue weighted by atomic mass is 9.77. The molecule has 4 N–H and O–H groups in total. The number of anilines is 2. The lowest BCUT2D eigenvalue weighted by molar-refractivity contribution is -0.0278. The first-order valence-electron chi connectivity index (χ1n) is 11.3. The van der Waals surface area contributed by atoms with Crippen LogP contribution in [0.5, 0.6) is 0 Å². The van der Waals surface area contributed by atoms with Gasteiger partial charge >= 0.3 is 6.03 Å². The van der Waals surface area contributed by atoms with Gasteiger partial charge in [0.15, 0.2) is 0 Å². The van der Waals surface area contributed by atoms with Crippen molar-refractivity contribution >= 4 is 35.0 Å². The number of pyridine rings is 1. The highest BCUT2D eigenvalue weighted by molar-refractivity contribution is 6.30. The minimum atomic E-state index is -1.01. The molecule has 0 aliphatic heterocycles. The second-order valence-corrected chi connectivity index (χ2v) is 8.94. The number of rotatable bonds is 6. The molecule has 0 bridgehead atoms. The van der Waals surface area contributed by atoms with Crippen LogP contribution in [0.1, 0.15) is 54.1 Å². The van der Waals surface area contributed by atoms with Crippen LogP contribution in [-0.2, 0) is 0 Å². The van der Waals surface area contributed by atoms with Crippen LogP contribution in [0.25, 0.3) is 0 Å². The van der Waals surface area contributed by atoms with E-state index < -0.39 is 17.7 Å². The minimum Gasteiger partial charge on any atom is -0.387 e. The number of hydrogen-bond donors (Lipinski definition) is 4. The van der Waals surface area contributed by atoms with E-state index in [-0.39, 0.29) is 5.91 Å². The highest BCUT2D eigenvalue weighted by Crippen LogP contribution is 2.38. The first-order chi connectivity index (χ1) is 16.4. The Morgan fingerprint density at radius 2 is 1.71 bits per heavy atom. The summed E-state index contributed by atoms with van der Waals surface area (Å²) < 4.78 is 0. The smallest absolute Gasteiger partial charge is 0.319 e. The molecular formula is C26H27ClN4O3. The maximum atomic E-state index is 12.9. The number of hydrogen-bond acceptors (Lipinski definition) is 4. The van der Waals surface area contributed by atoms with Crippen LogP contribution in [0.4, 0.5) is 16.3 Å². The molecule has 176 valence electrons. The fraction of sp³-hybridized carbons (Fsp3) is 0.269. The molecule has 1 saturated carbocycles. The molecule has 0 radical (unpaired) electrons. The molecule has 1 fully saturated rings. The van der Waals surface area contributed by atoms with Gasteiger partial charge in [-0.05, 0) is 48.7 Å². The number of aromatic nitrogens is 1. The lowest BCUT2D eigenvalue weighted by Crippen LogP contribution is -2.48. The van der Waals surface area contributed by atoms with Gasteiger partial charge in [0.1, 0.15) is 5.82 Å². The van der Waals surface area contributed by atoms with Gasteiger partial charge in [-0.2, -0.15) is 0 Å². The largest absolute Gasteiger partial charge is 0.387 e. The molecule has 34 heavy (non-hydrogen) atoms. The highest BCUT2D eigenvalue weighted by Gasteiger charge is 2.39. The van der Waals surface area contributed by atoms with Crippen molar-refractivity contribution in [3.05, 3.63) is 89.1 Å². The van der Waals surface area contributed by atoms with Gasteiger partial charge in [-0.1, -0.05) is 67.3 Å². The number of nitrogens with one attached hydrogen (secondary N) is 3. The summed E-state index contributed by atoms with van der Waals surface area (Å²) >= 11 is 5.83. The molecule has 4 rings (SSSR count). The monoisotopic (exact) mass is 478 g/mol. The average molecular weight is 479 g/mol. The first-order valence-corrected chi connectivity index (χ1v) is 11.7. The van der Waals surface area contributed by atoms with Crippen LogP contribution in [0, 0.1) is 0 Å². The molecule has 7 nitrogen and oxygen atoms in total. The van der Waals surface area contributed by atoms with Crippen LogP contribution in [0.15, 0.2) is 72.9 Å². The molecule has 1 aliphatic rings. The van der Waals surface area contributed by atoms with Gasteiger partial charge in [0.25, 0.3) is 5.91 Å². The number of carbonyl (C=O) groups excluding carboxylic acids is 2. The fourth-order valence-electron chi connectivity index (χ4n) is 4.30. The van der Waals surface area contributed by atoms with E-state index in [1.807, 2.05) is 30.3 Å². The van der Waals surface area contributed by atoms with Crippen molar-refractivity contribution in [2.45, 2.75) is 43.7 Å². The SMILES string of the molecule is O=C(Nc1cccc(C(=O)Nc2ccc(Cl)cn2)c1)NC(c1ccccc1)C1(O)CCCCC1. The van der Waals surface area contributed by atoms with Gasteiger partial charge in [-0.25, -0.2) is 9.78 Å². The summed E-state index contributed by atoms with van der Waals surface area (Å²) in [4.78, 5) is 29.6. The summed E-state index contributed by atoms with van der Waals surface area (Å²) in [6, 6.07) is 18.4. The molecule has 1 unspecified atom stereocenters. The van der Waals surface area contributed by atoms with Gasteiger partial charge in [-0.15, -0.1) is 0 Å². The van der Waals surface area contributed by atoms with Crippen molar-refractivity contribution in [2.24, 2.45) is 0 Å². The Balaban J connectivity index is 1.46. The summed E-state index contributed by atoms with van der Waals surface area (Å²) in [6.07, 6.45) is 5.62. The van der Waals surface area contributed by atoms with Crippen LogP contribution in [-0.4, -0.2) is 27.6 Å². The Kier molecular flexibility index (Phi) is 7.45. The maximum Gasteiger partial charge on any atom is 0.319 e. The summed E-state index contributed by atoms with van der Waals surface area (Å²) in [7, 11) is 0. The molecule has 1 heterocycles. The van der Waals surface area contributed by atoms with Gasteiger partial charge < -0.3 is 21.1 Å². The Labute approximate surface area is 203 Å². The zero-order chi connectivity index (χ0) is 24.0. The third-order valence-electron chi connectivity index (χ3n) is 6.02. The van der Waals surface area contributed by atoms with Gasteiger partial charge in [0.05, 0.1) is 16.7 Å². The Morgan fingerprint density at radius 1 is 0.941 bits per heavy atom. The zero-order valence-electron chi connectivity index (χ0n) is 18.6. The average Bonchev–Trinajstić information content (AvgIpc) is 2.85. The Morgan fingerprint density at radius 3 is 2.41 bits per heavy atom. The topological polar surface area (TPSA) is 103 Å². The van der Waals surface area contributed by atoms with E-state index in [0.717, 1.165) is 24.8 Å². The van der Waals surface area contributed by atoms with Gasteiger partial charge in [0.2, 0.25) is 0 Å². The van der Waals surface area contributed by atoms with Crippen LogP contribution >= 0.6 is 11.6 Å². The van der Waals surface area contributed by atoms with Crippen LogP contribution in [0.3, 0.4) is 0 Å². The lowest BCUT2D eigenvalue weighted by Gasteiger charge is -2.39. The Bertz CT molecular complexity index is 1130. The molecule has 0 spiro atoms. The van der Waals surface area contributed by atoms with Crippen molar-refractivity contribution in [3.8, 4) is 0 Å². The fourth-order valence-corrected chi connectivity index (χ4v) is 4.41. The summed E-state index contributed by atoms with van der Waals surface area (Å²) in [6.45, 7) is 0. The molecule has 1 aliphatic carbocycles. The third kappa shape index (κ3) is 5.92. The van der Waals surface area contributed by atoms with E-state index in [1.54, 1.807) is 36.4 Å². The molecule has 2 aromatic carbocycles. The second-order valence-electron chi connectivity index (χ2n) is 8.50. The molecule has 3 amide bonds. The predicted molar refractivity (Wildman–Crippen MR) is 133 cm³/mol. The first kappa shape index (κ1) is 23.7. The van der Waals surface area contributed by atoms with Crippen molar-refractivity contribution in [1.82, 2.24) is 10.3 Å². The number of benzene rings is 2. The number of urea groups is 1. The Hall–Kier alpha value is -3.42. The van der Waals surface area contributed by atoms with Gasteiger partial charge in [-0.3, -0.25) is 4.79 Å². The number of halogens is 1. The van der Waals surface area contributed by atoms with Crippen molar-refractivity contribution in [1.29, 1.82) is 0 Å². The van der Waals surface area contributed by atoms with Crippen molar-refractivity contribution in [2.75, 3.05) is 10.6 Å². The molecule has 3 aromatic rings.